The van der Waals surface area contributed by atoms with E-state index >= 15 is 0 Å². The molecule has 106 valence electrons. The molecule has 0 spiro atoms. The second-order valence-corrected chi connectivity index (χ2v) is 7.27. The number of hydrogen-bond acceptors (Lipinski definition) is 2. The number of amides is 1. The van der Waals surface area contributed by atoms with E-state index in [1.165, 1.54) is 6.07 Å². The molecule has 1 rings (SSSR count). The molecule has 5 heteroatoms. The lowest BCUT2D eigenvalue weighted by Crippen LogP contribution is -2.31. The standard InChI is InChI=1S/C14H19BrClNO2/c1-14(2,3)7-10(16)8-17-13(19)11-6-9(15)4-5-12(11)18/h4-6,10,18H,7-8H2,1-3H3,(H,17,19). The summed E-state index contributed by atoms with van der Waals surface area (Å²) in [5, 5.41) is 12.3. The van der Waals surface area contributed by atoms with Crippen LogP contribution in [0, 0.1) is 5.41 Å². The fourth-order valence-electron chi connectivity index (χ4n) is 1.73. The van der Waals surface area contributed by atoms with Gasteiger partial charge in [-0.1, -0.05) is 36.7 Å². The summed E-state index contributed by atoms with van der Waals surface area (Å²) in [6.45, 7) is 6.68. The number of alkyl halides is 1. The van der Waals surface area contributed by atoms with Gasteiger partial charge in [0.15, 0.2) is 0 Å². The number of halogens is 2. The maximum absolute atomic E-state index is 11.9. The monoisotopic (exact) mass is 347 g/mol. The number of carbonyl (C=O) groups excluding carboxylic acids is 1. The molecule has 1 unspecified atom stereocenters. The molecule has 0 aliphatic heterocycles. The maximum Gasteiger partial charge on any atom is 0.255 e. The zero-order valence-corrected chi connectivity index (χ0v) is 13.7. The molecule has 0 heterocycles. The van der Waals surface area contributed by atoms with Crippen LogP contribution in [0.5, 0.6) is 5.75 Å². The van der Waals surface area contributed by atoms with Gasteiger partial charge in [-0.05, 0) is 30.0 Å². The Morgan fingerprint density at radius 2 is 2.11 bits per heavy atom. The third-order valence-electron chi connectivity index (χ3n) is 2.52. The number of nitrogens with one attached hydrogen (secondary N) is 1. The van der Waals surface area contributed by atoms with E-state index in [0.29, 0.717) is 6.54 Å². The Morgan fingerprint density at radius 1 is 1.47 bits per heavy atom. The number of phenolic OH excluding ortho intramolecular Hbond substituents is 1. The molecule has 3 nitrogen and oxygen atoms in total. The predicted molar refractivity (Wildman–Crippen MR) is 81.9 cm³/mol. The van der Waals surface area contributed by atoms with E-state index in [9.17, 15) is 9.90 Å². The van der Waals surface area contributed by atoms with Crippen molar-refractivity contribution in [3.63, 3.8) is 0 Å². The Bertz CT molecular complexity index is 457. The van der Waals surface area contributed by atoms with Crippen molar-refractivity contribution >= 4 is 33.4 Å². The summed E-state index contributed by atoms with van der Waals surface area (Å²) < 4.78 is 0.743. The summed E-state index contributed by atoms with van der Waals surface area (Å²) in [4.78, 5) is 11.9. The van der Waals surface area contributed by atoms with Gasteiger partial charge in [-0.25, -0.2) is 0 Å². The summed E-state index contributed by atoms with van der Waals surface area (Å²) in [6, 6.07) is 4.74. The van der Waals surface area contributed by atoms with Gasteiger partial charge in [0.05, 0.1) is 10.9 Å². The van der Waals surface area contributed by atoms with E-state index in [2.05, 4.69) is 42.0 Å². The van der Waals surface area contributed by atoms with Gasteiger partial charge in [0.25, 0.3) is 5.91 Å². The van der Waals surface area contributed by atoms with E-state index in [-0.39, 0.29) is 28.0 Å². The SMILES string of the molecule is CC(C)(C)CC(Cl)CNC(=O)c1cc(Br)ccc1O. The second kappa shape index (κ2) is 6.62. The van der Waals surface area contributed by atoms with Crippen LogP contribution in [-0.4, -0.2) is 22.9 Å². The van der Waals surface area contributed by atoms with Crippen molar-refractivity contribution in [2.75, 3.05) is 6.54 Å². The van der Waals surface area contributed by atoms with E-state index < -0.39 is 0 Å². The number of carbonyl (C=O) groups is 1. The minimum absolute atomic E-state index is 0.0392. The molecule has 0 fully saturated rings. The molecular weight excluding hydrogens is 330 g/mol. The van der Waals surface area contributed by atoms with Crippen molar-refractivity contribution in [2.45, 2.75) is 32.6 Å². The summed E-state index contributed by atoms with van der Waals surface area (Å²) in [5.74, 6) is -0.360. The molecule has 0 radical (unpaired) electrons. The van der Waals surface area contributed by atoms with Gasteiger partial charge in [0.2, 0.25) is 0 Å². The van der Waals surface area contributed by atoms with Crippen LogP contribution in [0.15, 0.2) is 22.7 Å². The van der Waals surface area contributed by atoms with E-state index in [4.69, 9.17) is 11.6 Å². The Hall–Kier alpha value is -0.740. The molecule has 2 N–H and O–H groups in total. The Labute approximate surface area is 127 Å². The predicted octanol–water partition coefficient (Wildman–Crippen LogP) is 3.93. The van der Waals surface area contributed by atoms with Crippen LogP contribution in [0.1, 0.15) is 37.6 Å². The van der Waals surface area contributed by atoms with Gasteiger partial charge in [-0.3, -0.25) is 4.79 Å². The molecule has 1 amide bonds. The molecule has 0 aliphatic rings. The first-order chi connectivity index (χ1) is 8.69. The van der Waals surface area contributed by atoms with Gasteiger partial charge in [0.1, 0.15) is 5.75 Å². The van der Waals surface area contributed by atoms with E-state index in [1.54, 1.807) is 12.1 Å². The number of aromatic hydroxyl groups is 1. The molecule has 1 aromatic rings. The first kappa shape index (κ1) is 16.3. The fourth-order valence-corrected chi connectivity index (χ4v) is 2.63. The van der Waals surface area contributed by atoms with Crippen molar-refractivity contribution in [1.29, 1.82) is 0 Å². The van der Waals surface area contributed by atoms with Gasteiger partial charge in [0, 0.05) is 11.0 Å². The van der Waals surface area contributed by atoms with Crippen LogP contribution in [0.2, 0.25) is 0 Å². The molecule has 1 aromatic carbocycles. The van der Waals surface area contributed by atoms with Crippen molar-refractivity contribution in [3.8, 4) is 5.75 Å². The average molecular weight is 349 g/mol. The molecule has 0 aliphatic carbocycles. The summed E-state index contributed by atoms with van der Waals surface area (Å²) in [5.41, 5.74) is 0.365. The third kappa shape index (κ3) is 5.83. The smallest absolute Gasteiger partial charge is 0.255 e. The molecule has 0 saturated carbocycles. The largest absolute Gasteiger partial charge is 0.507 e. The first-order valence-electron chi connectivity index (χ1n) is 6.10. The summed E-state index contributed by atoms with van der Waals surface area (Å²) in [7, 11) is 0. The second-order valence-electron chi connectivity index (χ2n) is 5.73. The number of benzene rings is 1. The average Bonchev–Trinajstić information content (AvgIpc) is 2.27. The normalized spacial score (nSPS) is 13.1. The van der Waals surface area contributed by atoms with Crippen molar-refractivity contribution in [1.82, 2.24) is 5.32 Å². The van der Waals surface area contributed by atoms with Crippen LogP contribution in [-0.2, 0) is 0 Å². The van der Waals surface area contributed by atoms with Crippen molar-refractivity contribution in [3.05, 3.63) is 28.2 Å². The van der Waals surface area contributed by atoms with Gasteiger partial charge in [-0.2, -0.15) is 0 Å². The maximum atomic E-state index is 11.9. The van der Waals surface area contributed by atoms with E-state index in [0.717, 1.165) is 10.9 Å². The summed E-state index contributed by atoms with van der Waals surface area (Å²) in [6.07, 6.45) is 0.805. The zero-order valence-electron chi connectivity index (χ0n) is 11.3. The highest BCUT2D eigenvalue weighted by atomic mass is 79.9. The molecule has 19 heavy (non-hydrogen) atoms. The molecular formula is C14H19BrClNO2. The van der Waals surface area contributed by atoms with Crippen LogP contribution in [0.4, 0.5) is 0 Å². The minimum Gasteiger partial charge on any atom is -0.507 e. The van der Waals surface area contributed by atoms with Crippen LogP contribution < -0.4 is 5.32 Å². The topological polar surface area (TPSA) is 49.3 Å². The zero-order chi connectivity index (χ0) is 14.6. The highest BCUT2D eigenvalue weighted by Gasteiger charge is 2.18. The lowest BCUT2D eigenvalue weighted by atomic mass is 9.90. The number of phenols is 1. The van der Waals surface area contributed by atoms with Crippen molar-refractivity contribution < 1.29 is 9.90 Å². The van der Waals surface area contributed by atoms with Gasteiger partial charge < -0.3 is 10.4 Å². The van der Waals surface area contributed by atoms with E-state index in [1.807, 2.05) is 0 Å². The lowest BCUT2D eigenvalue weighted by molar-refractivity contribution is 0.0949. The highest BCUT2D eigenvalue weighted by Crippen LogP contribution is 2.24. The van der Waals surface area contributed by atoms with Crippen LogP contribution in [0.25, 0.3) is 0 Å². The van der Waals surface area contributed by atoms with Gasteiger partial charge in [-0.15, -0.1) is 11.6 Å². The third-order valence-corrected chi connectivity index (χ3v) is 3.32. The van der Waals surface area contributed by atoms with Crippen LogP contribution in [0.3, 0.4) is 0 Å². The Morgan fingerprint density at radius 3 is 2.68 bits per heavy atom. The molecule has 0 saturated heterocycles. The van der Waals surface area contributed by atoms with Crippen LogP contribution >= 0.6 is 27.5 Å². The number of rotatable bonds is 4. The lowest BCUT2D eigenvalue weighted by Gasteiger charge is -2.22. The minimum atomic E-state index is -0.321. The number of hydrogen-bond donors (Lipinski definition) is 2. The Balaban J connectivity index is 2.58. The fraction of sp³-hybridized carbons (Fsp3) is 0.500. The first-order valence-corrected chi connectivity index (χ1v) is 7.33. The van der Waals surface area contributed by atoms with Gasteiger partial charge >= 0.3 is 0 Å². The molecule has 0 bridgehead atoms. The molecule has 0 aromatic heterocycles. The quantitative estimate of drug-likeness (QED) is 0.810. The van der Waals surface area contributed by atoms with Crippen molar-refractivity contribution in [2.24, 2.45) is 5.41 Å². The highest BCUT2D eigenvalue weighted by molar-refractivity contribution is 9.10. The Kier molecular flexibility index (Phi) is 5.68. The summed E-state index contributed by atoms with van der Waals surface area (Å²) >= 11 is 9.45. The molecule has 1 atom stereocenters.